The van der Waals surface area contributed by atoms with Crippen molar-refractivity contribution in [1.82, 2.24) is 4.90 Å². The second kappa shape index (κ2) is 2.84. The molecule has 1 aliphatic rings. The highest BCUT2D eigenvalue weighted by Crippen LogP contribution is 2.44. The fraction of sp³-hybridized carbons (Fsp3) is 0.889. The average molecular weight is 155 g/mol. The maximum absolute atomic E-state index is 11.3. The fourth-order valence-electron chi connectivity index (χ4n) is 1.57. The van der Waals surface area contributed by atoms with Crippen molar-refractivity contribution in [2.24, 2.45) is 17.8 Å². The van der Waals surface area contributed by atoms with Gasteiger partial charge in [0.15, 0.2) is 0 Å². The van der Waals surface area contributed by atoms with E-state index >= 15 is 0 Å². The third-order valence-corrected chi connectivity index (χ3v) is 2.45. The van der Waals surface area contributed by atoms with Gasteiger partial charge in [0, 0.05) is 20.0 Å². The topological polar surface area (TPSA) is 20.3 Å². The number of nitrogens with zero attached hydrogens (tertiary/aromatic N) is 1. The molecule has 0 aliphatic heterocycles. The van der Waals surface area contributed by atoms with Gasteiger partial charge in [0.2, 0.25) is 5.91 Å². The standard InChI is InChI=1S/C9H17NO/c1-6(2)7-5-8(7)9(11)10(3)4/h6-8H,5H2,1-4H3/t7?,8-/m0/s1. The van der Waals surface area contributed by atoms with Crippen LogP contribution < -0.4 is 0 Å². The summed E-state index contributed by atoms with van der Waals surface area (Å²) in [7, 11) is 3.66. The number of amides is 1. The van der Waals surface area contributed by atoms with E-state index in [1.165, 1.54) is 0 Å². The predicted octanol–water partition coefficient (Wildman–Crippen LogP) is 1.37. The van der Waals surface area contributed by atoms with Crippen molar-refractivity contribution < 1.29 is 4.79 Å². The molecular formula is C9H17NO. The van der Waals surface area contributed by atoms with Gasteiger partial charge in [-0.05, 0) is 18.3 Å². The molecule has 0 spiro atoms. The Bertz CT molecular complexity index is 163. The zero-order valence-corrected chi connectivity index (χ0v) is 7.79. The summed E-state index contributed by atoms with van der Waals surface area (Å²) in [6.07, 6.45) is 1.11. The van der Waals surface area contributed by atoms with Crippen molar-refractivity contribution in [3.05, 3.63) is 0 Å². The Morgan fingerprint density at radius 1 is 1.45 bits per heavy atom. The zero-order valence-electron chi connectivity index (χ0n) is 7.79. The number of carbonyl (C=O) groups is 1. The lowest BCUT2D eigenvalue weighted by molar-refractivity contribution is -0.130. The normalized spacial score (nSPS) is 28.8. The lowest BCUT2D eigenvalue weighted by Crippen LogP contribution is -2.24. The van der Waals surface area contributed by atoms with Crippen LogP contribution in [-0.4, -0.2) is 24.9 Å². The molecule has 0 bridgehead atoms. The molecule has 0 heterocycles. The first kappa shape index (κ1) is 8.57. The Morgan fingerprint density at radius 2 is 2.00 bits per heavy atom. The average Bonchev–Trinajstić information content (AvgIpc) is 2.63. The molecule has 1 amide bonds. The van der Waals surface area contributed by atoms with Crippen molar-refractivity contribution in [3.63, 3.8) is 0 Å². The molecule has 1 aliphatic carbocycles. The Morgan fingerprint density at radius 3 is 2.27 bits per heavy atom. The Labute approximate surface area is 68.6 Å². The zero-order chi connectivity index (χ0) is 8.59. The summed E-state index contributed by atoms with van der Waals surface area (Å²) in [5, 5.41) is 0. The molecule has 0 aromatic heterocycles. The van der Waals surface area contributed by atoms with E-state index in [0.717, 1.165) is 6.42 Å². The van der Waals surface area contributed by atoms with Crippen molar-refractivity contribution in [3.8, 4) is 0 Å². The summed E-state index contributed by atoms with van der Waals surface area (Å²) in [6, 6.07) is 0. The number of rotatable bonds is 2. The lowest BCUT2D eigenvalue weighted by Gasteiger charge is -2.10. The van der Waals surface area contributed by atoms with E-state index in [1.807, 2.05) is 14.1 Å². The highest BCUT2D eigenvalue weighted by Gasteiger charge is 2.44. The third kappa shape index (κ3) is 1.73. The van der Waals surface area contributed by atoms with Crippen molar-refractivity contribution >= 4 is 5.91 Å². The summed E-state index contributed by atoms with van der Waals surface area (Å²) < 4.78 is 0. The molecule has 0 radical (unpaired) electrons. The molecule has 2 atom stereocenters. The van der Waals surface area contributed by atoms with E-state index in [-0.39, 0.29) is 0 Å². The summed E-state index contributed by atoms with van der Waals surface area (Å²) in [6.45, 7) is 4.38. The molecule has 0 saturated heterocycles. The number of carbonyl (C=O) groups excluding carboxylic acids is 1. The molecule has 1 unspecified atom stereocenters. The van der Waals surface area contributed by atoms with Crippen LogP contribution in [-0.2, 0) is 4.79 Å². The maximum Gasteiger partial charge on any atom is 0.225 e. The molecular weight excluding hydrogens is 138 g/mol. The highest BCUT2D eigenvalue weighted by atomic mass is 16.2. The van der Waals surface area contributed by atoms with E-state index in [2.05, 4.69) is 13.8 Å². The molecule has 64 valence electrons. The van der Waals surface area contributed by atoms with Crippen LogP contribution in [0.1, 0.15) is 20.3 Å². The summed E-state index contributed by atoms with van der Waals surface area (Å²) in [5.74, 6) is 1.97. The Kier molecular flexibility index (Phi) is 2.21. The molecule has 1 fully saturated rings. The predicted molar refractivity (Wildman–Crippen MR) is 45.1 cm³/mol. The largest absolute Gasteiger partial charge is 0.349 e. The number of hydrogen-bond donors (Lipinski definition) is 0. The molecule has 0 N–H and O–H groups in total. The van der Waals surface area contributed by atoms with Crippen molar-refractivity contribution in [2.75, 3.05) is 14.1 Å². The summed E-state index contributed by atoms with van der Waals surface area (Å²) in [5.41, 5.74) is 0. The quantitative estimate of drug-likeness (QED) is 0.589. The lowest BCUT2D eigenvalue weighted by atomic mass is 10.1. The molecule has 1 rings (SSSR count). The van der Waals surface area contributed by atoms with Crippen LogP contribution >= 0.6 is 0 Å². The fourth-order valence-corrected chi connectivity index (χ4v) is 1.57. The molecule has 2 heteroatoms. The van der Waals surface area contributed by atoms with Gasteiger partial charge in [-0.2, -0.15) is 0 Å². The van der Waals surface area contributed by atoms with Crippen LogP contribution in [0.25, 0.3) is 0 Å². The van der Waals surface area contributed by atoms with Gasteiger partial charge in [0.25, 0.3) is 0 Å². The van der Waals surface area contributed by atoms with Crippen LogP contribution in [0.15, 0.2) is 0 Å². The molecule has 0 aromatic rings. The maximum atomic E-state index is 11.3. The minimum Gasteiger partial charge on any atom is -0.349 e. The Hall–Kier alpha value is -0.530. The molecule has 1 saturated carbocycles. The van der Waals surface area contributed by atoms with Gasteiger partial charge in [0.1, 0.15) is 0 Å². The SMILES string of the molecule is CC(C)C1C[C@@H]1C(=O)N(C)C. The minimum atomic E-state index is 0.309. The van der Waals surface area contributed by atoms with Gasteiger partial charge >= 0.3 is 0 Å². The summed E-state index contributed by atoms with van der Waals surface area (Å²) >= 11 is 0. The van der Waals surface area contributed by atoms with Crippen molar-refractivity contribution in [1.29, 1.82) is 0 Å². The molecule has 11 heavy (non-hydrogen) atoms. The van der Waals surface area contributed by atoms with E-state index in [0.29, 0.717) is 23.7 Å². The van der Waals surface area contributed by atoms with Crippen LogP contribution in [0.4, 0.5) is 0 Å². The van der Waals surface area contributed by atoms with Crippen LogP contribution in [0, 0.1) is 17.8 Å². The van der Waals surface area contributed by atoms with Gasteiger partial charge in [-0.1, -0.05) is 13.8 Å². The third-order valence-electron chi connectivity index (χ3n) is 2.45. The number of hydrogen-bond acceptors (Lipinski definition) is 1. The van der Waals surface area contributed by atoms with E-state index in [4.69, 9.17) is 0 Å². The molecule has 2 nitrogen and oxygen atoms in total. The highest BCUT2D eigenvalue weighted by molar-refractivity contribution is 5.81. The monoisotopic (exact) mass is 155 g/mol. The van der Waals surface area contributed by atoms with Crippen LogP contribution in [0.5, 0.6) is 0 Å². The van der Waals surface area contributed by atoms with Gasteiger partial charge in [0.05, 0.1) is 0 Å². The summed E-state index contributed by atoms with van der Waals surface area (Å²) in [4.78, 5) is 13.0. The van der Waals surface area contributed by atoms with Gasteiger partial charge in [-0.25, -0.2) is 0 Å². The first-order valence-corrected chi connectivity index (χ1v) is 4.25. The van der Waals surface area contributed by atoms with Gasteiger partial charge in [-0.3, -0.25) is 4.79 Å². The van der Waals surface area contributed by atoms with E-state index < -0.39 is 0 Å². The van der Waals surface area contributed by atoms with Crippen LogP contribution in [0.3, 0.4) is 0 Å². The first-order chi connectivity index (χ1) is 5.04. The van der Waals surface area contributed by atoms with E-state index in [9.17, 15) is 4.79 Å². The van der Waals surface area contributed by atoms with Crippen LogP contribution in [0.2, 0.25) is 0 Å². The Balaban J connectivity index is 2.38. The van der Waals surface area contributed by atoms with Gasteiger partial charge in [-0.15, -0.1) is 0 Å². The minimum absolute atomic E-state index is 0.309. The van der Waals surface area contributed by atoms with E-state index in [1.54, 1.807) is 4.90 Å². The second-order valence-corrected chi connectivity index (χ2v) is 3.98. The van der Waals surface area contributed by atoms with Crippen molar-refractivity contribution in [2.45, 2.75) is 20.3 Å². The molecule has 0 aromatic carbocycles. The van der Waals surface area contributed by atoms with Gasteiger partial charge < -0.3 is 4.90 Å². The first-order valence-electron chi connectivity index (χ1n) is 4.25. The second-order valence-electron chi connectivity index (χ2n) is 3.98. The smallest absolute Gasteiger partial charge is 0.225 e.